The second-order valence-electron chi connectivity index (χ2n) is 3.35. The molecule has 0 saturated carbocycles. The topological polar surface area (TPSA) is 24.3 Å². The van der Waals surface area contributed by atoms with Gasteiger partial charge in [-0.25, -0.2) is 4.98 Å². The third-order valence-electron chi connectivity index (χ3n) is 2.34. The van der Waals surface area contributed by atoms with E-state index in [1.165, 1.54) is 0 Å². The zero-order chi connectivity index (χ0) is 9.26. The maximum atomic E-state index is 4.03. The van der Waals surface area contributed by atoms with Crippen molar-refractivity contribution in [1.82, 2.24) is 19.4 Å². The monoisotopic (exact) mass is 202 g/mol. The summed E-state index contributed by atoms with van der Waals surface area (Å²) < 4.78 is 2.09. The summed E-state index contributed by atoms with van der Waals surface area (Å²) in [6.07, 6.45) is 10.1. The normalized spacial score (nSPS) is 17.0. The molecule has 0 aromatic carbocycles. The van der Waals surface area contributed by atoms with Crippen molar-refractivity contribution >= 4 is 29.6 Å². The van der Waals surface area contributed by atoms with Crippen LogP contribution in [0.15, 0.2) is 31.1 Å². The molecule has 1 aliphatic heterocycles. The third kappa shape index (κ3) is 2.32. The van der Waals surface area contributed by atoms with Gasteiger partial charge in [0.2, 0.25) is 0 Å². The predicted molar refractivity (Wildman–Crippen MR) is 57.7 cm³/mol. The SMILES string of the molecule is CC(N1C=CN(C)C1)n1ccnc1.[NaH]. The molecular weight excluding hydrogens is 187 g/mol. The van der Waals surface area contributed by atoms with Crippen LogP contribution in [-0.4, -0.2) is 62.6 Å². The summed E-state index contributed by atoms with van der Waals surface area (Å²) in [4.78, 5) is 8.43. The Kier molecular flexibility index (Phi) is 4.04. The van der Waals surface area contributed by atoms with Crippen LogP contribution in [0.3, 0.4) is 0 Å². The minimum atomic E-state index is 0. The molecule has 2 rings (SSSR count). The molecule has 14 heavy (non-hydrogen) atoms. The zero-order valence-corrected chi connectivity index (χ0v) is 7.96. The van der Waals surface area contributed by atoms with E-state index in [0.29, 0.717) is 6.17 Å². The summed E-state index contributed by atoms with van der Waals surface area (Å²) in [6, 6.07) is 0. The molecule has 1 unspecified atom stereocenters. The van der Waals surface area contributed by atoms with E-state index < -0.39 is 0 Å². The zero-order valence-electron chi connectivity index (χ0n) is 7.96. The molecule has 0 spiro atoms. The maximum absolute atomic E-state index is 4.03. The molecule has 1 atom stereocenters. The van der Waals surface area contributed by atoms with Crippen molar-refractivity contribution in [3.8, 4) is 0 Å². The summed E-state index contributed by atoms with van der Waals surface area (Å²) in [7, 11) is 2.07. The van der Waals surface area contributed by atoms with Crippen LogP contribution in [0.2, 0.25) is 0 Å². The number of aromatic nitrogens is 2. The van der Waals surface area contributed by atoms with E-state index in [-0.39, 0.29) is 29.6 Å². The number of nitrogens with zero attached hydrogens (tertiary/aromatic N) is 4. The molecule has 72 valence electrons. The van der Waals surface area contributed by atoms with Gasteiger partial charge in [0, 0.05) is 31.8 Å². The predicted octanol–water partition coefficient (Wildman–Crippen LogP) is 0.429. The Labute approximate surface area is 106 Å². The Hall–Kier alpha value is -0.450. The Morgan fingerprint density at radius 3 is 2.64 bits per heavy atom. The Balaban J connectivity index is 0.000000980. The standard InChI is InChI=1S/C9H14N4.Na.H/c1-9(12-4-3-10-7-12)13-6-5-11(2)8-13;;/h3-7,9H,8H2,1-2H3;;. The third-order valence-corrected chi connectivity index (χ3v) is 2.34. The first-order valence-electron chi connectivity index (χ1n) is 4.39. The molecule has 1 aliphatic rings. The molecule has 0 radical (unpaired) electrons. The van der Waals surface area contributed by atoms with Crippen molar-refractivity contribution in [2.24, 2.45) is 0 Å². The van der Waals surface area contributed by atoms with Gasteiger partial charge in [0.15, 0.2) is 0 Å². The molecule has 4 nitrogen and oxygen atoms in total. The first-order valence-corrected chi connectivity index (χ1v) is 4.39. The van der Waals surface area contributed by atoms with E-state index in [2.05, 4.69) is 45.7 Å². The van der Waals surface area contributed by atoms with Gasteiger partial charge in [0.1, 0.15) is 6.17 Å². The average Bonchev–Trinajstić information content (AvgIpc) is 2.72. The van der Waals surface area contributed by atoms with E-state index in [9.17, 15) is 0 Å². The molecule has 0 amide bonds. The molecular formula is C9H15N4Na. The fourth-order valence-electron chi connectivity index (χ4n) is 1.46. The van der Waals surface area contributed by atoms with Gasteiger partial charge in [-0.15, -0.1) is 0 Å². The van der Waals surface area contributed by atoms with Gasteiger partial charge in [0.25, 0.3) is 0 Å². The summed E-state index contributed by atoms with van der Waals surface area (Å²) >= 11 is 0. The van der Waals surface area contributed by atoms with Gasteiger partial charge in [-0.05, 0) is 6.92 Å². The summed E-state index contributed by atoms with van der Waals surface area (Å²) in [5.41, 5.74) is 0. The number of hydrogen-bond acceptors (Lipinski definition) is 3. The van der Waals surface area contributed by atoms with Gasteiger partial charge >= 0.3 is 29.6 Å². The van der Waals surface area contributed by atoms with Crippen LogP contribution < -0.4 is 0 Å². The molecule has 5 heteroatoms. The molecule has 2 heterocycles. The second kappa shape index (κ2) is 4.87. The van der Waals surface area contributed by atoms with Gasteiger partial charge in [-0.1, -0.05) is 0 Å². The number of rotatable bonds is 2. The van der Waals surface area contributed by atoms with Crippen molar-refractivity contribution in [3.63, 3.8) is 0 Å². The van der Waals surface area contributed by atoms with E-state index >= 15 is 0 Å². The summed E-state index contributed by atoms with van der Waals surface area (Å²) in [5, 5.41) is 0. The molecule has 0 N–H and O–H groups in total. The van der Waals surface area contributed by atoms with Crippen LogP contribution >= 0.6 is 0 Å². The molecule has 0 bridgehead atoms. The van der Waals surface area contributed by atoms with Crippen LogP contribution in [0, 0.1) is 0 Å². The van der Waals surface area contributed by atoms with Crippen LogP contribution in [0.4, 0.5) is 0 Å². The van der Waals surface area contributed by atoms with Crippen LogP contribution in [0.1, 0.15) is 13.1 Å². The quantitative estimate of drug-likeness (QED) is 0.650. The molecule has 0 fully saturated rings. The van der Waals surface area contributed by atoms with Gasteiger partial charge in [0.05, 0.1) is 13.0 Å². The van der Waals surface area contributed by atoms with Gasteiger partial charge in [-0.2, -0.15) is 0 Å². The van der Waals surface area contributed by atoms with Crippen molar-refractivity contribution < 1.29 is 0 Å². The van der Waals surface area contributed by atoms with E-state index in [1.54, 1.807) is 6.20 Å². The first-order chi connectivity index (χ1) is 6.27. The average molecular weight is 202 g/mol. The Bertz CT molecular complexity index is 296. The number of hydrogen-bond donors (Lipinski definition) is 0. The fourth-order valence-corrected chi connectivity index (χ4v) is 1.46. The Morgan fingerprint density at radius 2 is 2.14 bits per heavy atom. The summed E-state index contributed by atoms with van der Waals surface area (Å²) in [5.74, 6) is 0. The van der Waals surface area contributed by atoms with E-state index in [4.69, 9.17) is 0 Å². The summed E-state index contributed by atoms with van der Waals surface area (Å²) in [6.45, 7) is 3.10. The second-order valence-corrected chi connectivity index (χ2v) is 3.35. The van der Waals surface area contributed by atoms with Crippen molar-refractivity contribution in [3.05, 3.63) is 31.1 Å². The Morgan fingerprint density at radius 1 is 1.36 bits per heavy atom. The van der Waals surface area contributed by atoms with Crippen molar-refractivity contribution in [1.29, 1.82) is 0 Å². The molecule has 0 saturated heterocycles. The molecule has 1 aromatic rings. The molecule has 0 aliphatic carbocycles. The van der Waals surface area contributed by atoms with Crippen molar-refractivity contribution in [2.45, 2.75) is 13.1 Å². The minimum absolute atomic E-state index is 0. The fraction of sp³-hybridized carbons (Fsp3) is 0.444. The van der Waals surface area contributed by atoms with E-state index in [0.717, 1.165) is 6.67 Å². The van der Waals surface area contributed by atoms with Crippen LogP contribution in [0.25, 0.3) is 0 Å². The van der Waals surface area contributed by atoms with E-state index in [1.807, 2.05) is 12.5 Å². The van der Waals surface area contributed by atoms with Crippen LogP contribution in [-0.2, 0) is 0 Å². The number of imidazole rings is 1. The van der Waals surface area contributed by atoms with Gasteiger partial charge < -0.3 is 14.4 Å². The van der Waals surface area contributed by atoms with Gasteiger partial charge in [-0.3, -0.25) is 0 Å². The van der Waals surface area contributed by atoms with Crippen LogP contribution in [0.5, 0.6) is 0 Å². The van der Waals surface area contributed by atoms with Crippen molar-refractivity contribution in [2.75, 3.05) is 13.7 Å². The first kappa shape index (κ1) is 11.6. The molecule has 1 aromatic heterocycles.